The minimum absolute atomic E-state index is 0.431. The van der Waals surface area contributed by atoms with Crippen LogP contribution in [0.1, 0.15) is 50.7 Å². The lowest BCUT2D eigenvalue weighted by molar-refractivity contribution is 0.163. The van der Waals surface area contributed by atoms with Gasteiger partial charge in [0.2, 0.25) is 0 Å². The van der Waals surface area contributed by atoms with E-state index in [1.807, 2.05) is 12.1 Å². The predicted octanol–water partition coefficient (Wildman–Crippen LogP) is 4.22. The first-order valence-electron chi connectivity index (χ1n) is 6.99. The van der Waals surface area contributed by atoms with Gasteiger partial charge in [-0.1, -0.05) is 26.2 Å². The first-order valence-corrected chi connectivity index (χ1v) is 7.78. The van der Waals surface area contributed by atoms with Crippen LogP contribution in [0.25, 0.3) is 0 Å². The Kier molecular flexibility index (Phi) is 5.52. The van der Waals surface area contributed by atoms with Gasteiger partial charge in [-0.25, -0.2) is 0 Å². The number of benzene rings is 1. The summed E-state index contributed by atoms with van der Waals surface area (Å²) in [6.07, 6.45) is 4.61. The van der Waals surface area contributed by atoms with Gasteiger partial charge in [-0.2, -0.15) is 0 Å². The summed E-state index contributed by atoms with van der Waals surface area (Å²) in [4.78, 5) is 0. The Morgan fingerprint density at radius 2 is 2.05 bits per heavy atom. The Labute approximate surface area is 123 Å². The summed E-state index contributed by atoms with van der Waals surface area (Å²) in [5, 5.41) is 10.2. The Bertz CT molecular complexity index is 420. The summed E-state index contributed by atoms with van der Waals surface area (Å²) >= 11 is 3.50. The average Bonchev–Trinajstić information content (AvgIpc) is 2.64. The van der Waals surface area contributed by atoms with Gasteiger partial charge in [0.05, 0.1) is 23.8 Å². The van der Waals surface area contributed by atoms with Crippen LogP contribution in [-0.4, -0.2) is 18.3 Å². The van der Waals surface area contributed by atoms with Crippen LogP contribution in [0.2, 0.25) is 0 Å². The van der Waals surface area contributed by atoms with Gasteiger partial charge in [0.1, 0.15) is 0 Å². The maximum absolute atomic E-state index is 10.2. The molecule has 19 heavy (non-hydrogen) atoms. The van der Waals surface area contributed by atoms with Crippen LogP contribution in [0.15, 0.2) is 16.6 Å². The topological polar surface area (TPSA) is 38.7 Å². The molecule has 2 rings (SSSR count). The Balaban J connectivity index is 2.13. The zero-order chi connectivity index (χ0) is 13.7. The average molecular weight is 329 g/mol. The molecule has 1 aliphatic heterocycles. The van der Waals surface area contributed by atoms with E-state index in [0.717, 1.165) is 53.6 Å². The standard InChI is InChI=1S/C15H21BrO3/c1-2-3-4-6-13(17)11-9-12(16)15-14(10-11)18-7-5-8-19-15/h9-10,13,17H,2-8H2,1H3. The van der Waals surface area contributed by atoms with Crippen LogP contribution in [0.4, 0.5) is 0 Å². The summed E-state index contributed by atoms with van der Waals surface area (Å²) in [5.74, 6) is 1.48. The minimum atomic E-state index is -0.431. The van der Waals surface area contributed by atoms with Crippen molar-refractivity contribution in [2.45, 2.75) is 45.1 Å². The van der Waals surface area contributed by atoms with Crippen LogP contribution in [0.5, 0.6) is 11.5 Å². The van der Waals surface area contributed by atoms with Crippen molar-refractivity contribution in [2.24, 2.45) is 0 Å². The third-order valence-electron chi connectivity index (χ3n) is 3.29. The number of unbranched alkanes of at least 4 members (excludes halogenated alkanes) is 2. The molecule has 0 spiro atoms. The number of aliphatic hydroxyl groups is 1. The number of aliphatic hydroxyl groups excluding tert-OH is 1. The van der Waals surface area contributed by atoms with Crippen molar-refractivity contribution in [2.75, 3.05) is 13.2 Å². The summed E-state index contributed by atoms with van der Waals surface area (Å²) < 4.78 is 12.2. The fraction of sp³-hybridized carbons (Fsp3) is 0.600. The fourth-order valence-corrected chi connectivity index (χ4v) is 2.77. The Morgan fingerprint density at radius 1 is 1.26 bits per heavy atom. The van der Waals surface area contributed by atoms with Crippen LogP contribution in [0.3, 0.4) is 0 Å². The molecule has 1 aromatic rings. The molecule has 0 radical (unpaired) electrons. The molecule has 1 N–H and O–H groups in total. The minimum Gasteiger partial charge on any atom is -0.490 e. The molecule has 0 saturated heterocycles. The van der Waals surface area contributed by atoms with Crippen molar-refractivity contribution >= 4 is 15.9 Å². The van der Waals surface area contributed by atoms with Crippen molar-refractivity contribution < 1.29 is 14.6 Å². The smallest absolute Gasteiger partial charge is 0.175 e. The molecule has 1 atom stereocenters. The highest BCUT2D eigenvalue weighted by Gasteiger charge is 2.18. The molecule has 0 aliphatic carbocycles. The van der Waals surface area contributed by atoms with E-state index in [0.29, 0.717) is 13.2 Å². The molecule has 1 aromatic carbocycles. The van der Waals surface area contributed by atoms with Gasteiger partial charge in [-0.15, -0.1) is 0 Å². The number of halogens is 1. The highest BCUT2D eigenvalue weighted by Crippen LogP contribution is 2.40. The zero-order valence-corrected chi connectivity index (χ0v) is 12.9. The van der Waals surface area contributed by atoms with Gasteiger partial charge in [0.15, 0.2) is 11.5 Å². The van der Waals surface area contributed by atoms with Crippen molar-refractivity contribution in [3.05, 3.63) is 22.2 Å². The molecule has 0 bridgehead atoms. The van der Waals surface area contributed by atoms with Gasteiger partial charge < -0.3 is 14.6 Å². The summed E-state index contributed by atoms with van der Waals surface area (Å²) in [7, 11) is 0. The van der Waals surface area contributed by atoms with E-state index in [4.69, 9.17) is 9.47 Å². The van der Waals surface area contributed by atoms with E-state index in [1.165, 1.54) is 0 Å². The Hall–Kier alpha value is -0.740. The van der Waals surface area contributed by atoms with Crippen LogP contribution >= 0.6 is 15.9 Å². The molecule has 1 unspecified atom stereocenters. The molecule has 0 aromatic heterocycles. The second kappa shape index (κ2) is 7.15. The van der Waals surface area contributed by atoms with Crippen molar-refractivity contribution in [3.8, 4) is 11.5 Å². The predicted molar refractivity (Wildman–Crippen MR) is 78.9 cm³/mol. The van der Waals surface area contributed by atoms with E-state index >= 15 is 0 Å². The lowest BCUT2D eigenvalue weighted by Crippen LogP contribution is -2.00. The van der Waals surface area contributed by atoms with Crippen molar-refractivity contribution in [1.82, 2.24) is 0 Å². The third-order valence-corrected chi connectivity index (χ3v) is 3.88. The zero-order valence-electron chi connectivity index (χ0n) is 11.3. The van der Waals surface area contributed by atoms with Crippen molar-refractivity contribution in [3.63, 3.8) is 0 Å². The van der Waals surface area contributed by atoms with Gasteiger partial charge in [-0.3, -0.25) is 0 Å². The molecule has 106 valence electrons. The summed E-state index contributed by atoms with van der Waals surface area (Å²) in [6.45, 7) is 3.50. The largest absolute Gasteiger partial charge is 0.490 e. The van der Waals surface area contributed by atoms with Crippen LogP contribution < -0.4 is 9.47 Å². The lowest BCUT2D eigenvalue weighted by atomic mass is 10.0. The highest BCUT2D eigenvalue weighted by atomic mass is 79.9. The SMILES string of the molecule is CCCCCC(O)c1cc(Br)c2c(c1)OCCCO2. The Morgan fingerprint density at radius 3 is 2.84 bits per heavy atom. The summed E-state index contributed by atoms with van der Waals surface area (Å²) in [5.41, 5.74) is 0.896. The van der Waals surface area contributed by atoms with E-state index < -0.39 is 6.10 Å². The fourth-order valence-electron chi connectivity index (χ4n) is 2.20. The molecule has 1 heterocycles. The molecule has 0 saturated carbocycles. The summed E-state index contributed by atoms with van der Waals surface area (Å²) in [6, 6.07) is 3.84. The van der Waals surface area contributed by atoms with Gasteiger partial charge in [-0.05, 0) is 40.0 Å². The van der Waals surface area contributed by atoms with E-state index in [-0.39, 0.29) is 0 Å². The second-order valence-electron chi connectivity index (χ2n) is 4.89. The first kappa shape index (κ1) is 14.7. The quantitative estimate of drug-likeness (QED) is 0.822. The maximum Gasteiger partial charge on any atom is 0.175 e. The third kappa shape index (κ3) is 3.86. The molecule has 0 fully saturated rings. The molecular formula is C15H21BrO3. The van der Waals surface area contributed by atoms with E-state index in [9.17, 15) is 5.11 Å². The van der Waals surface area contributed by atoms with Crippen molar-refractivity contribution in [1.29, 1.82) is 0 Å². The molecule has 1 aliphatic rings. The van der Waals surface area contributed by atoms with Crippen LogP contribution in [0, 0.1) is 0 Å². The van der Waals surface area contributed by atoms with E-state index in [1.54, 1.807) is 0 Å². The number of hydrogen-bond donors (Lipinski definition) is 1. The first-order chi connectivity index (χ1) is 9.22. The lowest BCUT2D eigenvalue weighted by Gasteiger charge is -2.15. The number of hydrogen-bond acceptors (Lipinski definition) is 3. The second-order valence-corrected chi connectivity index (χ2v) is 5.75. The molecule has 0 amide bonds. The number of rotatable bonds is 5. The number of fused-ring (bicyclic) bond motifs is 1. The molecule has 4 heteroatoms. The van der Waals surface area contributed by atoms with Gasteiger partial charge >= 0.3 is 0 Å². The highest BCUT2D eigenvalue weighted by molar-refractivity contribution is 9.10. The number of ether oxygens (including phenoxy) is 2. The van der Waals surface area contributed by atoms with Crippen LogP contribution in [-0.2, 0) is 0 Å². The van der Waals surface area contributed by atoms with Gasteiger partial charge in [0.25, 0.3) is 0 Å². The molecule has 3 nitrogen and oxygen atoms in total. The monoisotopic (exact) mass is 328 g/mol. The van der Waals surface area contributed by atoms with E-state index in [2.05, 4.69) is 22.9 Å². The molecular weight excluding hydrogens is 308 g/mol. The maximum atomic E-state index is 10.2. The normalized spacial score (nSPS) is 15.9. The van der Waals surface area contributed by atoms with Gasteiger partial charge in [0, 0.05) is 6.42 Å².